The lowest BCUT2D eigenvalue weighted by Crippen LogP contribution is -2.28. The number of urea groups is 1. The smallest absolute Gasteiger partial charge is 0.319 e. The van der Waals surface area contributed by atoms with Gasteiger partial charge in [-0.1, -0.05) is 23.4 Å². The van der Waals surface area contributed by atoms with E-state index in [1.807, 2.05) is 51.1 Å². The fourth-order valence-electron chi connectivity index (χ4n) is 2.43. The highest BCUT2D eigenvalue weighted by Crippen LogP contribution is 2.21. The minimum Gasteiger partial charge on any atom is -0.361 e. The molecule has 3 aromatic rings. The van der Waals surface area contributed by atoms with E-state index >= 15 is 0 Å². The summed E-state index contributed by atoms with van der Waals surface area (Å²) in [5.74, 6) is 0.713. The Morgan fingerprint density at radius 1 is 1.17 bits per heavy atom. The average molecular weight is 310 g/mol. The normalized spacial score (nSPS) is 10.7. The summed E-state index contributed by atoms with van der Waals surface area (Å²) < 4.78 is 5.08. The summed E-state index contributed by atoms with van der Waals surface area (Å²) in [6.45, 7) is 5.97. The molecule has 3 rings (SSSR count). The molecule has 0 aliphatic heterocycles. The quantitative estimate of drug-likeness (QED) is 0.776. The Morgan fingerprint density at radius 2 is 2.00 bits per heavy atom. The molecule has 2 aromatic heterocycles. The minimum absolute atomic E-state index is 0.291. The highest BCUT2D eigenvalue weighted by atomic mass is 16.5. The predicted octanol–water partition coefficient (Wildman–Crippen LogP) is 3.47. The minimum atomic E-state index is -0.291. The maximum atomic E-state index is 12.2. The Hall–Kier alpha value is -2.89. The molecule has 0 fully saturated rings. The van der Waals surface area contributed by atoms with E-state index in [1.165, 1.54) is 0 Å². The molecule has 6 heteroatoms. The maximum Gasteiger partial charge on any atom is 0.319 e. The van der Waals surface area contributed by atoms with E-state index in [4.69, 9.17) is 4.52 Å². The van der Waals surface area contributed by atoms with Crippen molar-refractivity contribution in [2.24, 2.45) is 0 Å². The zero-order valence-corrected chi connectivity index (χ0v) is 13.3. The van der Waals surface area contributed by atoms with Crippen molar-refractivity contribution in [1.82, 2.24) is 15.5 Å². The molecule has 0 unspecified atom stereocenters. The fourth-order valence-corrected chi connectivity index (χ4v) is 2.43. The van der Waals surface area contributed by atoms with Crippen LogP contribution in [0.15, 0.2) is 34.9 Å². The fraction of sp³-hybridized carbons (Fsp3) is 0.235. The van der Waals surface area contributed by atoms with Crippen LogP contribution >= 0.6 is 0 Å². The highest BCUT2D eigenvalue weighted by Gasteiger charge is 2.11. The monoisotopic (exact) mass is 310 g/mol. The van der Waals surface area contributed by atoms with Crippen molar-refractivity contribution >= 4 is 22.6 Å². The number of hydrogen-bond donors (Lipinski definition) is 2. The summed E-state index contributed by atoms with van der Waals surface area (Å²) in [5, 5.41) is 10.5. The molecule has 2 heterocycles. The maximum absolute atomic E-state index is 12.2. The molecule has 2 N–H and O–H groups in total. The van der Waals surface area contributed by atoms with Crippen molar-refractivity contribution in [2.45, 2.75) is 27.3 Å². The topological polar surface area (TPSA) is 80.0 Å². The number of amides is 2. The van der Waals surface area contributed by atoms with Gasteiger partial charge in [0, 0.05) is 23.2 Å². The van der Waals surface area contributed by atoms with E-state index in [2.05, 4.69) is 20.8 Å². The largest absolute Gasteiger partial charge is 0.361 e. The second-order valence-electron chi connectivity index (χ2n) is 5.44. The number of carbonyl (C=O) groups is 1. The summed E-state index contributed by atoms with van der Waals surface area (Å²) >= 11 is 0. The Bertz CT molecular complexity index is 851. The number of para-hydroxylation sites is 1. The van der Waals surface area contributed by atoms with Crippen molar-refractivity contribution in [3.63, 3.8) is 0 Å². The van der Waals surface area contributed by atoms with Crippen LogP contribution in [0.1, 0.15) is 22.7 Å². The lowest BCUT2D eigenvalue weighted by Gasteiger charge is -2.10. The predicted molar refractivity (Wildman–Crippen MR) is 88.3 cm³/mol. The number of benzene rings is 1. The van der Waals surface area contributed by atoms with Crippen LogP contribution in [0.3, 0.4) is 0 Å². The van der Waals surface area contributed by atoms with Gasteiger partial charge in [0.2, 0.25) is 0 Å². The van der Waals surface area contributed by atoms with Crippen LogP contribution in [0.2, 0.25) is 0 Å². The Kier molecular flexibility index (Phi) is 3.97. The highest BCUT2D eigenvalue weighted by molar-refractivity contribution is 5.99. The van der Waals surface area contributed by atoms with Crippen molar-refractivity contribution in [3.8, 4) is 0 Å². The van der Waals surface area contributed by atoms with Crippen LogP contribution in [-0.2, 0) is 6.54 Å². The number of carbonyl (C=O) groups excluding carboxylic acids is 1. The van der Waals surface area contributed by atoms with Gasteiger partial charge in [-0.3, -0.25) is 4.98 Å². The molecular formula is C17H18N4O2. The summed E-state index contributed by atoms with van der Waals surface area (Å²) in [4.78, 5) is 16.7. The molecule has 0 spiro atoms. The number of aromatic nitrogens is 2. The van der Waals surface area contributed by atoms with E-state index in [0.717, 1.165) is 27.9 Å². The number of rotatable bonds is 3. The lowest BCUT2D eigenvalue weighted by molar-refractivity contribution is 0.251. The van der Waals surface area contributed by atoms with Gasteiger partial charge < -0.3 is 15.2 Å². The number of nitrogens with zero attached hydrogens (tertiary/aromatic N) is 2. The molecule has 6 nitrogen and oxygen atoms in total. The van der Waals surface area contributed by atoms with Gasteiger partial charge in [-0.15, -0.1) is 0 Å². The summed E-state index contributed by atoms with van der Waals surface area (Å²) in [6.07, 6.45) is 0. The van der Waals surface area contributed by atoms with Crippen LogP contribution in [0.4, 0.5) is 10.5 Å². The number of fused-ring (bicyclic) bond motifs is 1. The first-order valence-electron chi connectivity index (χ1n) is 7.37. The first-order chi connectivity index (χ1) is 11.0. The van der Waals surface area contributed by atoms with Gasteiger partial charge in [0.15, 0.2) is 0 Å². The first-order valence-corrected chi connectivity index (χ1v) is 7.37. The lowest BCUT2D eigenvalue weighted by atomic mass is 10.2. The van der Waals surface area contributed by atoms with Gasteiger partial charge in [-0.2, -0.15) is 0 Å². The van der Waals surface area contributed by atoms with Crippen LogP contribution in [0, 0.1) is 20.8 Å². The molecule has 23 heavy (non-hydrogen) atoms. The van der Waals surface area contributed by atoms with Gasteiger partial charge in [-0.05, 0) is 32.9 Å². The second-order valence-corrected chi connectivity index (χ2v) is 5.44. The van der Waals surface area contributed by atoms with Crippen LogP contribution < -0.4 is 10.6 Å². The average Bonchev–Trinajstić information content (AvgIpc) is 2.84. The first kappa shape index (κ1) is 15.0. The number of nitrogens with one attached hydrogen (secondary N) is 2. The molecule has 0 saturated carbocycles. The van der Waals surface area contributed by atoms with Crippen molar-refractivity contribution in [3.05, 3.63) is 53.0 Å². The van der Waals surface area contributed by atoms with E-state index in [-0.39, 0.29) is 6.03 Å². The summed E-state index contributed by atoms with van der Waals surface area (Å²) in [6, 6.07) is 9.34. The number of pyridine rings is 1. The zero-order valence-electron chi connectivity index (χ0n) is 13.3. The Balaban J connectivity index is 1.74. The van der Waals surface area contributed by atoms with Crippen LogP contribution in [0.5, 0.6) is 0 Å². The van der Waals surface area contributed by atoms with Gasteiger partial charge in [0.05, 0.1) is 16.9 Å². The molecule has 118 valence electrons. The SMILES string of the molecule is Cc1ccc2cccc(NC(=O)NCc3c(C)noc3C)c2n1. The molecule has 0 aliphatic carbocycles. The molecule has 2 amide bonds. The summed E-state index contributed by atoms with van der Waals surface area (Å²) in [7, 11) is 0. The van der Waals surface area contributed by atoms with Crippen molar-refractivity contribution in [1.29, 1.82) is 0 Å². The van der Waals surface area contributed by atoms with Gasteiger partial charge in [0.1, 0.15) is 5.76 Å². The molecule has 0 saturated heterocycles. The molecule has 0 atom stereocenters. The van der Waals surface area contributed by atoms with Gasteiger partial charge in [-0.25, -0.2) is 4.79 Å². The Morgan fingerprint density at radius 3 is 2.74 bits per heavy atom. The van der Waals surface area contributed by atoms with Crippen LogP contribution in [0.25, 0.3) is 10.9 Å². The van der Waals surface area contributed by atoms with E-state index in [1.54, 1.807) is 0 Å². The third-order valence-electron chi connectivity index (χ3n) is 3.71. The third-order valence-corrected chi connectivity index (χ3v) is 3.71. The second kappa shape index (κ2) is 6.08. The molecular weight excluding hydrogens is 292 g/mol. The van der Waals surface area contributed by atoms with Gasteiger partial charge in [0.25, 0.3) is 0 Å². The van der Waals surface area contributed by atoms with E-state index < -0.39 is 0 Å². The number of aryl methyl sites for hydroxylation is 3. The van der Waals surface area contributed by atoms with Crippen LogP contribution in [-0.4, -0.2) is 16.2 Å². The summed E-state index contributed by atoms with van der Waals surface area (Å²) in [5.41, 5.74) is 4.04. The zero-order chi connectivity index (χ0) is 16.4. The molecule has 0 aliphatic rings. The van der Waals surface area contributed by atoms with Crippen molar-refractivity contribution in [2.75, 3.05) is 5.32 Å². The molecule has 1 aromatic carbocycles. The molecule has 0 bridgehead atoms. The molecule has 0 radical (unpaired) electrons. The number of hydrogen-bond acceptors (Lipinski definition) is 4. The third kappa shape index (κ3) is 3.15. The standard InChI is InChI=1S/C17H18N4O2/c1-10-7-8-13-5-4-6-15(16(13)19-10)20-17(22)18-9-14-11(2)21-23-12(14)3/h4-8H,9H2,1-3H3,(H2,18,20,22). The number of anilines is 1. The van der Waals surface area contributed by atoms with E-state index in [0.29, 0.717) is 18.0 Å². The van der Waals surface area contributed by atoms with Gasteiger partial charge >= 0.3 is 6.03 Å². The van der Waals surface area contributed by atoms with E-state index in [9.17, 15) is 4.79 Å². The van der Waals surface area contributed by atoms with Crippen molar-refractivity contribution < 1.29 is 9.32 Å². The Labute approximate surface area is 133 Å².